The van der Waals surface area contributed by atoms with Crippen molar-refractivity contribution in [2.45, 2.75) is 88.9 Å². The first kappa shape index (κ1) is 25.8. The summed E-state index contributed by atoms with van der Waals surface area (Å²) in [5.41, 5.74) is 5.49. The summed E-state index contributed by atoms with van der Waals surface area (Å²) in [5, 5.41) is 9.91. The van der Waals surface area contributed by atoms with Crippen molar-refractivity contribution in [1.29, 1.82) is 0 Å². The van der Waals surface area contributed by atoms with E-state index in [4.69, 9.17) is 0 Å². The molecule has 8 rings (SSSR count). The van der Waals surface area contributed by atoms with Crippen LogP contribution in [0.4, 0.5) is 5.69 Å². The molecule has 40 heavy (non-hydrogen) atoms. The van der Waals surface area contributed by atoms with Crippen LogP contribution < -0.4 is 16.0 Å². The third-order valence-corrected chi connectivity index (χ3v) is 10.3. The summed E-state index contributed by atoms with van der Waals surface area (Å²) in [6.45, 7) is 2.15. The molecular weight excluding hydrogens is 500 g/mol. The maximum atomic E-state index is 13.1. The average Bonchev–Trinajstić information content (AvgIpc) is 3.26. The number of nitrogens with zero attached hydrogens (tertiary/aromatic N) is 1. The van der Waals surface area contributed by atoms with Crippen LogP contribution in [-0.4, -0.2) is 40.7 Å². The molecule has 5 fully saturated rings. The molecule has 1 saturated heterocycles. The van der Waals surface area contributed by atoms with Crippen molar-refractivity contribution in [3.05, 3.63) is 64.7 Å². The Labute approximate surface area is 236 Å². The molecule has 3 N–H and O–H groups in total. The lowest BCUT2D eigenvalue weighted by Crippen LogP contribution is -2.58. The van der Waals surface area contributed by atoms with Gasteiger partial charge >= 0.3 is 0 Å². The molecule has 1 atom stereocenters. The Hall–Kier alpha value is -3.19. The summed E-state index contributed by atoms with van der Waals surface area (Å²) in [5.74, 6) is 2.17. The second-order valence-electron chi connectivity index (χ2n) is 13.1. The van der Waals surface area contributed by atoms with Crippen molar-refractivity contribution in [3.63, 3.8) is 0 Å². The van der Waals surface area contributed by atoms with Crippen LogP contribution in [0.1, 0.15) is 84.8 Å². The number of benzene rings is 2. The van der Waals surface area contributed by atoms with E-state index in [1.54, 1.807) is 4.90 Å². The van der Waals surface area contributed by atoms with Gasteiger partial charge in [-0.15, -0.1) is 0 Å². The van der Waals surface area contributed by atoms with E-state index < -0.39 is 6.04 Å². The molecule has 0 aromatic heterocycles. The molecule has 210 valence electrons. The molecule has 2 aliphatic heterocycles. The van der Waals surface area contributed by atoms with Gasteiger partial charge in [-0.05, 0) is 105 Å². The lowest BCUT2D eigenvalue weighted by molar-refractivity contribution is -0.136. The van der Waals surface area contributed by atoms with Gasteiger partial charge < -0.3 is 15.5 Å². The fourth-order valence-corrected chi connectivity index (χ4v) is 8.75. The Bertz CT molecular complexity index is 1280. The Balaban J connectivity index is 0.909. The minimum atomic E-state index is -0.597. The van der Waals surface area contributed by atoms with Gasteiger partial charge in [-0.2, -0.15) is 0 Å². The maximum absolute atomic E-state index is 13.1. The van der Waals surface area contributed by atoms with Gasteiger partial charge in [0.05, 0.1) is 0 Å². The first-order chi connectivity index (χ1) is 19.4. The Morgan fingerprint density at radius 3 is 2.30 bits per heavy atom. The standard InChI is InChI=1S/C33H40N4O3/c38-30-11-10-29(31(39)36-30)37-20-27-26(32(37)40)4-1-5-28(27)34-19-22-8-6-21(7-9-22)3-2-12-35-33-16-23-13-24(17-33)15-25(14-23)18-33/h1,4-9,23-25,29,34-35H,2-3,10-20H2,(H,36,38,39). The van der Waals surface area contributed by atoms with Gasteiger partial charge in [0.1, 0.15) is 6.04 Å². The second-order valence-corrected chi connectivity index (χ2v) is 13.1. The summed E-state index contributed by atoms with van der Waals surface area (Å²) in [6.07, 6.45) is 11.6. The topological polar surface area (TPSA) is 90.5 Å². The van der Waals surface area contributed by atoms with Gasteiger partial charge in [0.2, 0.25) is 11.8 Å². The number of amides is 3. The molecular formula is C33H40N4O3. The van der Waals surface area contributed by atoms with E-state index in [-0.39, 0.29) is 24.1 Å². The molecule has 4 bridgehead atoms. The average molecular weight is 541 g/mol. The molecule has 7 heteroatoms. The number of anilines is 1. The molecule has 0 radical (unpaired) electrons. The molecule has 6 aliphatic rings. The highest BCUT2D eigenvalue weighted by Gasteiger charge is 2.50. The number of hydrogen-bond donors (Lipinski definition) is 3. The zero-order valence-electron chi connectivity index (χ0n) is 23.2. The quantitative estimate of drug-likeness (QED) is 0.321. The fourth-order valence-electron chi connectivity index (χ4n) is 8.75. The van der Waals surface area contributed by atoms with Crippen molar-refractivity contribution in [3.8, 4) is 0 Å². The zero-order chi connectivity index (χ0) is 27.3. The van der Waals surface area contributed by atoms with Crippen LogP contribution in [-0.2, 0) is 29.1 Å². The van der Waals surface area contributed by atoms with E-state index >= 15 is 0 Å². The van der Waals surface area contributed by atoms with Crippen LogP contribution >= 0.6 is 0 Å². The Morgan fingerprint density at radius 1 is 0.900 bits per heavy atom. The molecule has 2 aromatic carbocycles. The van der Waals surface area contributed by atoms with E-state index in [9.17, 15) is 14.4 Å². The molecule has 2 aromatic rings. The van der Waals surface area contributed by atoms with Crippen LogP contribution in [0, 0.1) is 17.8 Å². The first-order valence-corrected chi connectivity index (χ1v) is 15.3. The zero-order valence-corrected chi connectivity index (χ0v) is 23.2. The van der Waals surface area contributed by atoms with Gasteiger partial charge in [0, 0.05) is 41.9 Å². The molecule has 0 spiro atoms. The summed E-state index contributed by atoms with van der Waals surface area (Å²) >= 11 is 0. The monoisotopic (exact) mass is 540 g/mol. The number of aryl methyl sites for hydroxylation is 1. The molecule has 1 unspecified atom stereocenters. The predicted octanol–water partition coefficient (Wildman–Crippen LogP) is 4.55. The van der Waals surface area contributed by atoms with E-state index in [0.29, 0.717) is 30.6 Å². The maximum Gasteiger partial charge on any atom is 0.255 e. The van der Waals surface area contributed by atoms with Crippen molar-refractivity contribution in [2.24, 2.45) is 17.8 Å². The number of carbonyl (C=O) groups is 3. The van der Waals surface area contributed by atoms with Gasteiger partial charge in [-0.1, -0.05) is 30.3 Å². The van der Waals surface area contributed by atoms with Crippen LogP contribution in [0.2, 0.25) is 0 Å². The highest BCUT2D eigenvalue weighted by molar-refractivity contribution is 6.06. The molecule has 4 saturated carbocycles. The summed E-state index contributed by atoms with van der Waals surface area (Å²) in [4.78, 5) is 38.6. The normalized spacial score (nSPS) is 30.5. The summed E-state index contributed by atoms with van der Waals surface area (Å²) in [6, 6.07) is 14.0. The molecule has 2 heterocycles. The number of piperidine rings is 1. The first-order valence-electron chi connectivity index (χ1n) is 15.3. The summed E-state index contributed by atoms with van der Waals surface area (Å²) < 4.78 is 0. The number of imide groups is 1. The fraction of sp³-hybridized carbons (Fsp3) is 0.545. The van der Waals surface area contributed by atoms with Crippen molar-refractivity contribution < 1.29 is 14.4 Å². The lowest BCUT2D eigenvalue weighted by atomic mass is 9.53. The summed E-state index contributed by atoms with van der Waals surface area (Å²) in [7, 11) is 0. The van der Waals surface area contributed by atoms with Gasteiger partial charge in [0.25, 0.3) is 5.91 Å². The second kappa shape index (κ2) is 10.3. The van der Waals surface area contributed by atoms with Gasteiger partial charge in [0.15, 0.2) is 0 Å². The number of hydrogen-bond acceptors (Lipinski definition) is 5. The van der Waals surface area contributed by atoms with E-state index in [0.717, 1.165) is 42.0 Å². The van der Waals surface area contributed by atoms with Crippen LogP contribution in [0.25, 0.3) is 0 Å². The van der Waals surface area contributed by atoms with Crippen molar-refractivity contribution in [2.75, 3.05) is 11.9 Å². The Morgan fingerprint density at radius 2 is 1.60 bits per heavy atom. The third-order valence-electron chi connectivity index (χ3n) is 10.3. The predicted molar refractivity (Wildman–Crippen MR) is 153 cm³/mol. The van der Waals surface area contributed by atoms with Crippen molar-refractivity contribution >= 4 is 23.4 Å². The minimum Gasteiger partial charge on any atom is -0.381 e. The SMILES string of the molecule is O=C1CCC(N2Cc3c(NCc4ccc(CCCNC56CC7CC(CC(C7)C5)C6)cc4)cccc3C2=O)C(=O)N1. The Kier molecular flexibility index (Phi) is 6.65. The largest absolute Gasteiger partial charge is 0.381 e. The van der Waals surface area contributed by atoms with E-state index in [2.05, 4.69) is 40.2 Å². The number of carbonyl (C=O) groups excluding carboxylic acids is 3. The molecule has 3 amide bonds. The minimum absolute atomic E-state index is 0.143. The smallest absolute Gasteiger partial charge is 0.255 e. The van der Waals surface area contributed by atoms with Gasteiger partial charge in [-0.3, -0.25) is 19.7 Å². The lowest BCUT2D eigenvalue weighted by Gasteiger charge is -2.57. The highest BCUT2D eigenvalue weighted by atomic mass is 16.2. The molecule has 7 nitrogen and oxygen atoms in total. The number of fused-ring (bicyclic) bond motifs is 1. The van der Waals surface area contributed by atoms with Gasteiger partial charge in [-0.25, -0.2) is 0 Å². The van der Waals surface area contributed by atoms with E-state index in [1.807, 2.05) is 18.2 Å². The van der Waals surface area contributed by atoms with Crippen molar-refractivity contribution in [1.82, 2.24) is 15.5 Å². The van der Waals surface area contributed by atoms with Crippen LogP contribution in [0.15, 0.2) is 42.5 Å². The number of nitrogens with one attached hydrogen (secondary N) is 3. The highest BCUT2D eigenvalue weighted by Crippen LogP contribution is 2.55. The number of rotatable bonds is 9. The van der Waals surface area contributed by atoms with E-state index in [1.165, 1.54) is 56.1 Å². The third kappa shape index (κ3) is 4.93. The van der Waals surface area contributed by atoms with Crippen LogP contribution in [0.3, 0.4) is 0 Å². The molecule has 4 aliphatic carbocycles. The van der Waals surface area contributed by atoms with Crippen LogP contribution in [0.5, 0.6) is 0 Å².